The fourth-order valence-corrected chi connectivity index (χ4v) is 9.39. The van der Waals surface area contributed by atoms with Crippen molar-refractivity contribution in [2.24, 2.45) is 0 Å². The van der Waals surface area contributed by atoms with Crippen LogP contribution in [0.15, 0.2) is 212 Å². The number of benzene rings is 9. The van der Waals surface area contributed by atoms with E-state index in [0.717, 1.165) is 11.4 Å². The number of nitrogens with zero attached hydrogens (tertiary/aromatic N) is 1. The first-order valence-electron chi connectivity index (χ1n) is 21.0. The Hall–Kier alpha value is -7.22. The third-order valence-electron chi connectivity index (χ3n) is 12.5. The first-order valence-corrected chi connectivity index (χ1v) is 21.0. The van der Waals surface area contributed by atoms with E-state index in [4.69, 9.17) is 0 Å². The van der Waals surface area contributed by atoms with Crippen LogP contribution in [0, 0.1) is 13.8 Å². The molecule has 9 aromatic carbocycles. The first-order chi connectivity index (χ1) is 29.3. The average molecular weight is 770 g/mol. The molecule has 60 heavy (non-hydrogen) atoms. The minimum absolute atomic E-state index is 0.114. The van der Waals surface area contributed by atoms with Crippen molar-refractivity contribution in [3.05, 3.63) is 235 Å². The highest BCUT2D eigenvalue weighted by molar-refractivity contribution is 5.89. The lowest BCUT2D eigenvalue weighted by Crippen LogP contribution is -2.17. The van der Waals surface area contributed by atoms with E-state index in [0.29, 0.717) is 0 Å². The smallest absolute Gasteiger partial charge is 0.0520 e. The van der Waals surface area contributed by atoms with Gasteiger partial charge in [-0.25, -0.2) is 0 Å². The molecular weight excluding hydrogens is 723 g/mol. The predicted octanol–water partition coefficient (Wildman–Crippen LogP) is 16.4. The Labute approximate surface area is 354 Å². The van der Waals surface area contributed by atoms with Gasteiger partial charge < -0.3 is 4.90 Å². The summed E-state index contributed by atoms with van der Waals surface area (Å²) in [6, 6.07) is 77.8. The van der Waals surface area contributed by atoms with Gasteiger partial charge in [-0.05, 0) is 157 Å². The number of fused-ring (bicyclic) bond motifs is 3. The van der Waals surface area contributed by atoms with E-state index in [2.05, 4.69) is 245 Å². The Morgan fingerprint density at radius 2 is 0.667 bits per heavy atom. The summed E-state index contributed by atoms with van der Waals surface area (Å²) >= 11 is 0. The van der Waals surface area contributed by atoms with Crippen LogP contribution < -0.4 is 4.90 Å². The molecule has 0 unspecified atom stereocenters. The lowest BCUT2D eigenvalue weighted by Gasteiger charge is -2.31. The van der Waals surface area contributed by atoms with E-state index in [1.165, 1.54) is 94.7 Å². The molecule has 0 atom stereocenters. The highest BCUT2D eigenvalue weighted by atomic mass is 15.1. The summed E-state index contributed by atoms with van der Waals surface area (Å²) in [7, 11) is 0. The quantitative estimate of drug-likeness (QED) is 0.149. The summed E-state index contributed by atoms with van der Waals surface area (Å²) < 4.78 is 0. The molecule has 1 nitrogen and oxygen atoms in total. The van der Waals surface area contributed by atoms with Crippen molar-refractivity contribution < 1.29 is 0 Å². The van der Waals surface area contributed by atoms with Crippen LogP contribution in [0.4, 0.5) is 17.1 Å². The summed E-state index contributed by atoms with van der Waals surface area (Å²) in [5, 5.41) is 0. The van der Waals surface area contributed by atoms with Gasteiger partial charge in [0, 0.05) is 16.8 Å². The molecule has 0 aliphatic heterocycles. The summed E-state index contributed by atoms with van der Waals surface area (Å²) in [6.45, 7) is 9.27. The second-order valence-electron chi connectivity index (χ2n) is 16.7. The monoisotopic (exact) mass is 769 g/mol. The fourth-order valence-electron chi connectivity index (χ4n) is 9.39. The van der Waals surface area contributed by atoms with Crippen LogP contribution in [0.2, 0.25) is 0 Å². The van der Waals surface area contributed by atoms with E-state index in [1.807, 2.05) is 0 Å². The van der Waals surface area contributed by atoms with E-state index in [1.54, 1.807) is 0 Å². The van der Waals surface area contributed by atoms with Gasteiger partial charge in [0.25, 0.3) is 0 Å². The molecule has 9 aromatic rings. The number of aryl methyl sites for hydroxylation is 2. The third-order valence-corrected chi connectivity index (χ3v) is 12.5. The molecule has 0 aromatic heterocycles. The van der Waals surface area contributed by atoms with Crippen molar-refractivity contribution in [1.29, 1.82) is 0 Å². The van der Waals surface area contributed by atoms with Gasteiger partial charge >= 0.3 is 0 Å². The van der Waals surface area contributed by atoms with Crippen LogP contribution in [0.3, 0.4) is 0 Å². The summed E-state index contributed by atoms with van der Waals surface area (Å²) in [4.78, 5) is 2.48. The van der Waals surface area contributed by atoms with Crippen LogP contribution in [0.1, 0.15) is 36.1 Å². The van der Waals surface area contributed by atoms with E-state index < -0.39 is 0 Å². The highest BCUT2D eigenvalue weighted by Crippen LogP contribution is 2.51. The zero-order valence-electron chi connectivity index (χ0n) is 34.7. The van der Waals surface area contributed by atoms with Gasteiger partial charge in [-0.15, -0.1) is 0 Å². The topological polar surface area (TPSA) is 3.24 Å². The van der Waals surface area contributed by atoms with Crippen LogP contribution >= 0.6 is 0 Å². The molecule has 1 heteroatoms. The van der Waals surface area contributed by atoms with Gasteiger partial charge in [0.15, 0.2) is 0 Å². The lowest BCUT2D eigenvalue weighted by molar-refractivity contribution is 0.660. The van der Waals surface area contributed by atoms with Gasteiger partial charge in [-0.3, -0.25) is 0 Å². The SMILES string of the molecule is Cc1cc(-c2cc(-c3ccccc3)cc(-c3ccccc3)c2)cc(C)c1N(c1ccc(-c2ccc(-c3ccccc3)cc2)cc1)c1ccc2c(c1)C(C)(C)c1ccccc1-2. The molecule has 0 spiro atoms. The van der Waals surface area contributed by atoms with Gasteiger partial charge in [-0.2, -0.15) is 0 Å². The second kappa shape index (κ2) is 15.2. The molecule has 0 saturated heterocycles. The molecule has 10 rings (SSSR count). The number of rotatable bonds is 8. The predicted molar refractivity (Wildman–Crippen MR) is 255 cm³/mol. The molecule has 288 valence electrons. The molecule has 0 N–H and O–H groups in total. The Kier molecular flexibility index (Phi) is 9.38. The van der Waals surface area contributed by atoms with Crippen molar-refractivity contribution in [1.82, 2.24) is 0 Å². The maximum atomic E-state index is 2.48. The highest BCUT2D eigenvalue weighted by Gasteiger charge is 2.36. The Morgan fingerprint density at radius 1 is 0.300 bits per heavy atom. The first kappa shape index (κ1) is 37.1. The van der Waals surface area contributed by atoms with Crippen molar-refractivity contribution in [3.8, 4) is 66.8 Å². The second-order valence-corrected chi connectivity index (χ2v) is 16.7. The van der Waals surface area contributed by atoms with Gasteiger partial charge in [0.1, 0.15) is 0 Å². The molecule has 0 radical (unpaired) electrons. The zero-order chi connectivity index (χ0) is 40.8. The Bertz CT molecular complexity index is 2900. The van der Waals surface area contributed by atoms with Crippen molar-refractivity contribution in [2.75, 3.05) is 4.90 Å². The molecule has 0 heterocycles. The maximum Gasteiger partial charge on any atom is 0.0520 e. The Morgan fingerprint density at radius 3 is 1.18 bits per heavy atom. The summed E-state index contributed by atoms with van der Waals surface area (Å²) in [6.07, 6.45) is 0. The molecule has 1 aliphatic carbocycles. The summed E-state index contributed by atoms with van der Waals surface area (Å²) in [5.74, 6) is 0. The summed E-state index contributed by atoms with van der Waals surface area (Å²) in [5.41, 5.74) is 23.3. The maximum absolute atomic E-state index is 2.48. The van der Waals surface area contributed by atoms with Gasteiger partial charge in [0.05, 0.1) is 5.69 Å². The van der Waals surface area contributed by atoms with Crippen LogP contribution in [0.5, 0.6) is 0 Å². The van der Waals surface area contributed by atoms with Crippen LogP contribution in [0.25, 0.3) is 66.8 Å². The van der Waals surface area contributed by atoms with Crippen molar-refractivity contribution in [3.63, 3.8) is 0 Å². The fraction of sp³-hybridized carbons (Fsp3) is 0.0847. The lowest BCUT2D eigenvalue weighted by atomic mass is 9.82. The molecular formula is C59H47N. The molecule has 0 amide bonds. The minimum atomic E-state index is -0.114. The molecule has 0 fully saturated rings. The number of anilines is 3. The normalized spacial score (nSPS) is 12.5. The van der Waals surface area contributed by atoms with E-state index in [9.17, 15) is 0 Å². The van der Waals surface area contributed by atoms with Crippen LogP contribution in [-0.2, 0) is 5.41 Å². The zero-order valence-corrected chi connectivity index (χ0v) is 34.7. The van der Waals surface area contributed by atoms with E-state index >= 15 is 0 Å². The van der Waals surface area contributed by atoms with Crippen LogP contribution in [-0.4, -0.2) is 0 Å². The minimum Gasteiger partial charge on any atom is -0.310 e. The Balaban J connectivity index is 1.09. The number of hydrogen-bond acceptors (Lipinski definition) is 1. The number of hydrogen-bond donors (Lipinski definition) is 0. The van der Waals surface area contributed by atoms with Crippen molar-refractivity contribution in [2.45, 2.75) is 33.1 Å². The van der Waals surface area contributed by atoms with E-state index in [-0.39, 0.29) is 5.41 Å². The molecule has 0 bridgehead atoms. The average Bonchev–Trinajstić information content (AvgIpc) is 3.53. The van der Waals surface area contributed by atoms with Gasteiger partial charge in [-0.1, -0.05) is 172 Å². The van der Waals surface area contributed by atoms with Gasteiger partial charge in [0.2, 0.25) is 0 Å². The molecule has 1 aliphatic rings. The third kappa shape index (κ3) is 6.73. The molecule has 0 saturated carbocycles. The standard InChI is InChI=1S/C59H47N/c1-40-34-48(51-37-49(43-18-10-6-11-19-43)36-50(38-51)44-20-12-7-13-21-44)35-41(2)58(40)60(53-32-33-55-54-22-14-15-23-56(54)59(3,4)57(55)39-53)52-30-28-47(29-31-52)46-26-24-45(25-27-46)42-16-8-5-9-17-42/h5-39H,1-4H3. The van der Waals surface area contributed by atoms with Crippen molar-refractivity contribution >= 4 is 17.1 Å². The largest absolute Gasteiger partial charge is 0.310 e.